The van der Waals surface area contributed by atoms with Crippen molar-refractivity contribution in [2.45, 2.75) is 147 Å². The zero-order chi connectivity index (χ0) is 37.4. The van der Waals surface area contributed by atoms with Gasteiger partial charge in [-0.1, -0.05) is 140 Å². The standard InChI is InChI=1S/C50H68N2O2/c1-2-3-4-5-6-7-8-9-10-11-12-39-13-15-40(16-14-39)17-18-41-35-37-50(38-36-41,42-19-27-46(28-20-42)53-48-31-23-44(51)24-32-48)43-21-29-47(30-22-43)54-49-33-25-45(52)26-34-49/h19-34,39-41H,2-18,35-38,51-52H2,1H3. The van der Waals surface area contributed by atoms with E-state index < -0.39 is 0 Å². The fraction of sp³-hybridized carbons (Fsp3) is 0.520. The Hall–Kier alpha value is -3.92. The van der Waals surface area contributed by atoms with E-state index in [0.717, 1.165) is 52.1 Å². The quantitative estimate of drug-likeness (QED) is 0.0702. The van der Waals surface area contributed by atoms with Crippen LogP contribution in [0.3, 0.4) is 0 Å². The predicted molar refractivity (Wildman–Crippen MR) is 229 cm³/mol. The zero-order valence-electron chi connectivity index (χ0n) is 33.3. The Kier molecular flexibility index (Phi) is 15.2. The van der Waals surface area contributed by atoms with Crippen molar-refractivity contribution in [1.82, 2.24) is 0 Å². The molecule has 0 saturated heterocycles. The molecule has 2 fully saturated rings. The molecule has 6 rings (SSSR count). The average Bonchev–Trinajstić information content (AvgIpc) is 3.21. The Morgan fingerprint density at radius 2 is 0.759 bits per heavy atom. The van der Waals surface area contributed by atoms with Gasteiger partial charge in [-0.3, -0.25) is 0 Å². The summed E-state index contributed by atoms with van der Waals surface area (Å²) in [6.45, 7) is 2.31. The summed E-state index contributed by atoms with van der Waals surface area (Å²) in [4.78, 5) is 0. The van der Waals surface area contributed by atoms with E-state index in [1.165, 1.54) is 146 Å². The van der Waals surface area contributed by atoms with E-state index in [0.29, 0.717) is 0 Å². The highest BCUT2D eigenvalue weighted by atomic mass is 16.5. The average molecular weight is 729 g/mol. The molecule has 290 valence electrons. The van der Waals surface area contributed by atoms with Crippen LogP contribution in [0, 0.1) is 17.8 Å². The summed E-state index contributed by atoms with van der Waals surface area (Å²) >= 11 is 0. The summed E-state index contributed by atoms with van der Waals surface area (Å²) in [5, 5.41) is 0. The van der Waals surface area contributed by atoms with Crippen LogP contribution in [0.4, 0.5) is 11.4 Å². The second-order valence-corrected chi connectivity index (χ2v) is 16.9. The van der Waals surface area contributed by atoms with Crippen molar-refractivity contribution in [3.05, 3.63) is 108 Å². The Morgan fingerprint density at radius 3 is 1.17 bits per heavy atom. The van der Waals surface area contributed by atoms with Gasteiger partial charge in [-0.25, -0.2) is 0 Å². The molecule has 2 aliphatic rings. The molecule has 4 N–H and O–H groups in total. The Labute approximate surface area is 327 Å². The second kappa shape index (κ2) is 20.7. The molecule has 2 aliphatic carbocycles. The zero-order valence-corrected chi connectivity index (χ0v) is 33.3. The van der Waals surface area contributed by atoms with Gasteiger partial charge in [-0.05, 0) is 127 Å². The minimum absolute atomic E-state index is 0.0251. The molecule has 0 bridgehead atoms. The fourth-order valence-corrected chi connectivity index (χ4v) is 9.43. The Bertz CT molecular complexity index is 1520. The number of anilines is 2. The largest absolute Gasteiger partial charge is 0.457 e. The van der Waals surface area contributed by atoms with Gasteiger partial charge in [0.2, 0.25) is 0 Å². The van der Waals surface area contributed by atoms with E-state index in [2.05, 4.69) is 55.5 Å². The lowest BCUT2D eigenvalue weighted by atomic mass is 9.62. The normalized spacial score (nSPS) is 18.7. The van der Waals surface area contributed by atoms with Gasteiger partial charge >= 0.3 is 0 Å². The van der Waals surface area contributed by atoms with Crippen LogP contribution in [0.5, 0.6) is 23.0 Å². The summed E-state index contributed by atoms with van der Waals surface area (Å²) < 4.78 is 12.4. The Balaban J connectivity index is 0.992. The lowest BCUT2D eigenvalue weighted by molar-refractivity contribution is 0.208. The van der Waals surface area contributed by atoms with Gasteiger partial charge in [0.05, 0.1) is 0 Å². The summed E-state index contributed by atoms with van der Waals surface area (Å²) in [6, 6.07) is 32.9. The van der Waals surface area contributed by atoms with Gasteiger partial charge in [0.1, 0.15) is 23.0 Å². The van der Waals surface area contributed by atoms with Gasteiger partial charge in [0, 0.05) is 16.8 Å². The lowest BCUT2D eigenvalue weighted by Gasteiger charge is -2.42. The summed E-state index contributed by atoms with van der Waals surface area (Å²) in [7, 11) is 0. The maximum atomic E-state index is 6.18. The van der Waals surface area contributed by atoms with Crippen LogP contribution in [-0.2, 0) is 5.41 Å². The molecule has 4 heteroatoms. The molecular weight excluding hydrogens is 661 g/mol. The smallest absolute Gasteiger partial charge is 0.127 e. The molecule has 0 unspecified atom stereocenters. The van der Waals surface area contributed by atoms with E-state index in [1.54, 1.807) is 0 Å². The molecule has 2 saturated carbocycles. The van der Waals surface area contributed by atoms with Crippen LogP contribution in [0.1, 0.15) is 153 Å². The maximum absolute atomic E-state index is 6.18. The SMILES string of the molecule is CCCCCCCCCCCCC1CCC(CCC2CCC(c3ccc(Oc4ccc(N)cc4)cc3)(c3ccc(Oc4ccc(N)cc4)cc3)CC2)CC1. The first kappa shape index (κ1) is 39.8. The van der Waals surface area contributed by atoms with Crippen molar-refractivity contribution >= 4 is 11.4 Å². The van der Waals surface area contributed by atoms with E-state index in [4.69, 9.17) is 20.9 Å². The number of rotatable bonds is 20. The lowest BCUT2D eigenvalue weighted by Crippen LogP contribution is -2.33. The van der Waals surface area contributed by atoms with Gasteiger partial charge in [0.25, 0.3) is 0 Å². The molecule has 4 aromatic carbocycles. The predicted octanol–water partition coefficient (Wildman–Crippen LogP) is 14.8. The van der Waals surface area contributed by atoms with Crippen molar-refractivity contribution in [2.75, 3.05) is 11.5 Å². The maximum Gasteiger partial charge on any atom is 0.127 e. The van der Waals surface area contributed by atoms with E-state index in [-0.39, 0.29) is 5.41 Å². The molecule has 0 atom stereocenters. The van der Waals surface area contributed by atoms with Crippen LogP contribution < -0.4 is 20.9 Å². The van der Waals surface area contributed by atoms with Crippen LogP contribution in [-0.4, -0.2) is 0 Å². The summed E-state index contributed by atoms with van der Waals surface area (Å²) in [5.74, 6) is 6.05. The van der Waals surface area contributed by atoms with Crippen LogP contribution in [0.25, 0.3) is 0 Å². The number of nitrogen functional groups attached to an aromatic ring is 2. The molecule has 0 heterocycles. The van der Waals surface area contributed by atoms with E-state index in [1.807, 2.05) is 48.5 Å². The number of benzene rings is 4. The van der Waals surface area contributed by atoms with E-state index >= 15 is 0 Å². The van der Waals surface area contributed by atoms with Crippen LogP contribution in [0.2, 0.25) is 0 Å². The highest BCUT2D eigenvalue weighted by Gasteiger charge is 2.38. The Morgan fingerprint density at radius 1 is 0.426 bits per heavy atom. The molecule has 0 amide bonds. The molecule has 0 aromatic heterocycles. The third-order valence-electron chi connectivity index (χ3n) is 12.9. The highest BCUT2D eigenvalue weighted by Crippen LogP contribution is 2.49. The number of hydrogen-bond donors (Lipinski definition) is 2. The minimum atomic E-state index is -0.0251. The van der Waals surface area contributed by atoms with Gasteiger partial charge in [-0.2, -0.15) is 0 Å². The van der Waals surface area contributed by atoms with Crippen molar-refractivity contribution in [3.8, 4) is 23.0 Å². The number of ether oxygens (including phenoxy) is 2. The van der Waals surface area contributed by atoms with Gasteiger partial charge in [0.15, 0.2) is 0 Å². The number of nitrogens with two attached hydrogens (primary N) is 2. The molecule has 0 aliphatic heterocycles. The van der Waals surface area contributed by atoms with Crippen LogP contribution >= 0.6 is 0 Å². The number of hydrogen-bond acceptors (Lipinski definition) is 4. The third kappa shape index (κ3) is 11.8. The van der Waals surface area contributed by atoms with Crippen molar-refractivity contribution in [3.63, 3.8) is 0 Å². The second-order valence-electron chi connectivity index (χ2n) is 16.9. The monoisotopic (exact) mass is 729 g/mol. The molecule has 4 aromatic rings. The van der Waals surface area contributed by atoms with Crippen LogP contribution in [0.15, 0.2) is 97.1 Å². The molecule has 4 nitrogen and oxygen atoms in total. The number of unbranched alkanes of at least 4 members (excludes halogenated alkanes) is 9. The topological polar surface area (TPSA) is 70.5 Å². The third-order valence-corrected chi connectivity index (χ3v) is 12.9. The highest BCUT2D eigenvalue weighted by molar-refractivity contribution is 5.47. The summed E-state index contributed by atoms with van der Waals surface area (Å²) in [6.07, 6.45) is 29.5. The fourth-order valence-electron chi connectivity index (χ4n) is 9.43. The first-order chi connectivity index (χ1) is 26.5. The van der Waals surface area contributed by atoms with Gasteiger partial charge in [-0.15, -0.1) is 0 Å². The van der Waals surface area contributed by atoms with E-state index in [9.17, 15) is 0 Å². The van der Waals surface area contributed by atoms with Gasteiger partial charge < -0.3 is 20.9 Å². The first-order valence-corrected chi connectivity index (χ1v) is 21.8. The van der Waals surface area contributed by atoms with Crippen molar-refractivity contribution < 1.29 is 9.47 Å². The van der Waals surface area contributed by atoms with Crippen molar-refractivity contribution in [2.24, 2.45) is 17.8 Å². The molecule has 54 heavy (non-hydrogen) atoms. The molecule has 0 spiro atoms. The first-order valence-electron chi connectivity index (χ1n) is 21.8. The van der Waals surface area contributed by atoms with Crippen molar-refractivity contribution in [1.29, 1.82) is 0 Å². The molecule has 0 radical (unpaired) electrons. The minimum Gasteiger partial charge on any atom is -0.457 e. The molecular formula is C50H68N2O2. The summed E-state index contributed by atoms with van der Waals surface area (Å²) in [5.41, 5.74) is 16.0.